The van der Waals surface area contributed by atoms with Crippen molar-refractivity contribution in [2.45, 2.75) is 11.8 Å². The van der Waals surface area contributed by atoms with Crippen LogP contribution in [0.2, 0.25) is 0 Å². The summed E-state index contributed by atoms with van der Waals surface area (Å²) in [6, 6.07) is 4.99. The number of carboxylic acids is 1. The first-order valence-electron chi connectivity index (χ1n) is 5.15. The Morgan fingerprint density at radius 2 is 2.41 bits per heavy atom. The normalized spacial score (nSPS) is 12.8. The minimum absolute atomic E-state index is 0.392. The maximum absolute atomic E-state index is 10.5. The van der Waals surface area contributed by atoms with Gasteiger partial charge in [0.15, 0.2) is 0 Å². The van der Waals surface area contributed by atoms with Crippen molar-refractivity contribution >= 4 is 23.4 Å². The number of carbonyl (C=O) groups is 1. The fourth-order valence-corrected chi connectivity index (χ4v) is 2.28. The Bertz CT molecular complexity index is 493. The van der Waals surface area contributed by atoms with Gasteiger partial charge in [-0.3, -0.25) is 4.79 Å². The van der Waals surface area contributed by atoms with Gasteiger partial charge in [0.1, 0.15) is 11.7 Å². The van der Waals surface area contributed by atoms with Crippen LogP contribution in [0.1, 0.15) is 5.69 Å². The third kappa shape index (κ3) is 2.98. The van der Waals surface area contributed by atoms with Crippen LogP contribution < -0.4 is 5.73 Å². The third-order valence-electron chi connectivity index (χ3n) is 2.28. The zero-order valence-electron chi connectivity index (χ0n) is 9.11. The van der Waals surface area contributed by atoms with Gasteiger partial charge in [-0.05, 0) is 12.1 Å². The number of imidazole rings is 1. The third-order valence-corrected chi connectivity index (χ3v) is 3.37. The smallest absolute Gasteiger partial charge is 0.321 e. The number of hydrogen-bond donors (Lipinski definition) is 2. The van der Waals surface area contributed by atoms with Crippen LogP contribution >= 0.6 is 11.8 Å². The van der Waals surface area contributed by atoms with E-state index in [1.54, 1.807) is 0 Å². The summed E-state index contributed by atoms with van der Waals surface area (Å²) in [5.41, 5.74) is 7.23. The maximum Gasteiger partial charge on any atom is 0.321 e. The molecule has 0 aromatic carbocycles. The molecule has 90 valence electrons. The van der Waals surface area contributed by atoms with E-state index in [0.29, 0.717) is 11.5 Å². The second-order valence-corrected chi connectivity index (χ2v) is 4.69. The second-order valence-electron chi connectivity index (χ2n) is 3.66. The fourth-order valence-electron chi connectivity index (χ4n) is 1.42. The molecule has 0 aliphatic rings. The molecule has 0 unspecified atom stereocenters. The molecule has 0 saturated carbocycles. The van der Waals surface area contributed by atoms with Gasteiger partial charge < -0.3 is 15.2 Å². The van der Waals surface area contributed by atoms with Gasteiger partial charge in [-0.15, -0.1) is 0 Å². The van der Waals surface area contributed by atoms with Gasteiger partial charge in [0.05, 0.1) is 5.69 Å². The number of nitrogens with two attached hydrogens (primary N) is 1. The van der Waals surface area contributed by atoms with Crippen molar-refractivity contribution in [3.05, 3.63) is 36.3 Å². The number of aliphatic carboxylic acids is 1. The minimum Gasteiger partial charge on any atom is -0.480 e. The van der Waals surface area contributed by atoms with Crippen LogP contribution in [0.3, 0.4) is 0 Å². The molecule has 5 nitrogen and oxygen atoms in total. The zero-order valence-corrected chi connectivity index (χ0v) is 9.93. The number of rotatable bonds is 5. The Kier molecular flexibility index (Phi) is 3.65. The van der Waals surface area contributed by atoms with Crippen LogP contribution in [0.25, 0.3) is 5.65 Å². The Morgan fingerprint density at radius 3 is 3.12 bits per heavy atom. The standard InChI is InChI=1S/C11H13N3O2S/c12-9(11(15)16)7-17-6-8-5-14-4-2-1-3-10(14)13-8/h1-5,9H,6-7,12H2,(H,15,16)/t9-/m1/s1. The molecule has 17 heavy (non-hydrogen) atoms. The molecule has 1 atom stereocenters. The Morgan fingerprint density at radius 1 is 1.59 bits per heavy atom. The highest BCUT2D eigenvalue weighted by molar-refractivity contribution is 7.98. The highest BCUT2D eigenvalue weighted by Crippen LogP contribution is 2.13. The van der Waals surface area contributed by atoms with Gasteiger partial charge in [-0.25, -0.2) is 4.98 Å². The van der Waals surface area contributed by atoms with Crippen molar-refractivity contribution in [1.82, 2.24) is 9.38 Å². The summed E-state index contributed by atoms with van der Waals surface area (Å²) in [5, 5.41) is 8.64. The summed E-state index contributed by atoms with van der Waals surface area (Å²) in [6.07, 6.45) is 3.87. The van der Waals surface area contributed by atoms with Gasteiger partial charge >= 0.3 is 5.97 Å². The molecular weight excluding hydrogens is 238 g/mol. The highest BCUT2D eigenvalue weighted by Gasteiger charge is 2.11. The topological polar surface area (TPSA) is 80.6 Å². The van der Waals surface area contributed by atoms with Crippen molar-refractivity contribution in [3.8, 4) is 0 Å². The molecular formula is C11H13N3O2S. The lowest BCUT2D eigenvalue weighted by atomic mass is 10.4. The molecule has 0 aliphatic carbocycles. The number of carboxylic acid groups (broad SMARTS) is 1. The molecule has 0 radical (unpaired) electrons. The van der Waals surface area contributed by atoms with Crippen LogP contribution in [0.4, 0.5) is 0 Å². The molecule has 2 rings (SSSR count). The van der Waals surface area contributed by atoms with E-state index in [1.165, 1.54) is 11.8 Å². The van der Waals surface area contributed by atoms with Gasteiger partial charge in [-0.2, -0.15) is 11.8 Å². The van der Waals surface area contributed by atoms with Crippen LogP contribution in [-0.4, -0.2) is 32.3 Å². The Hall–Kier alpha value is -1.53. The molecule has 0 saturated heterocycles. The number of thioether (sulfide) groups is 1. The Labute approximate surface area is 103 Å². The fraction of sp³-hybridized carbons (Fsp3) is 0.273. The monoisotopic (exact) mass is 251 g/mol. The largest absolute Gasteiger partial charge is 0.480 e. The zero-order chi connectivity index (χ0) is 12.3. The first-order chi connectivity index (χ1) is 8.16. The molecule has 3 N–H and O–H groups in total. The van der Waals surface area contributed by atoms with Crippen LogP contribution in [0, 0.1) is 0 Å². The van der Waals surface area contributed by atoms with Crippen molar-refractivity contribution in [2.75, 3.05) is 5.75 Å². The summed E-state index contributed by atoms with van der Waals surface area (Å²) < 4.78 is 1.94. The number of aromatic nitrogens is 2. The van der Waals surface area contributed by atoms with Crippen molar-refractivity contribution in [3.63, 3.8) is 0 Å². The quantitative estimate of drug-likeness (QED) is 0.828. The second kappa shape index (κ2) is 5.20. The van der Waals surface area contributed by atoms with Crippen LogP contribution in [0.5, 0.6) is 0 Å². The minimum atomic E-state index is -0.965. The van der Waals surface area contributed by atoms with E-state index in [9.17, 15) is 4.79 Å². The molecule has 2 heterocycles. The number of pyridine rings is 1. The van der Waals surface area contributed by atoms with Crippen molar-refractivity contribution < 1.29 is 9.90 Å². The number of nitrogens with zero attached hydrogens (tertiary/aromatic N) is 2. The lowest BCUT2D eigenvalue weighted by Gasteiger charge is -2.03. The molecule has 0 fully saturated rings. The summed E-state index contributed by atoms with van der Waals surface area (Å²) in [6.45, 7) is 0. The van der Waals surface area contributed by atoms with Crippen LogP contribution in [-0.2, 0) is 10.5 Å². The summed E-state index contributed by atoms with van der Waals surface area (Å²) in [4.78, 5) is 14.9. The van der Waals surface area contributed by atoms with E-state index in [0.717, 1.165) is 11.3 Å². The molecule has 2 aromatic rings. The van der Waals surface area contributed by atoms with E-state index >= 15 is 0 Å². The van der Waals surface area contributed by atoms with Crippen LogP contribution in [0.15, 0.2) is 30.6 Å². The molecule has 0 bridgehead atoms. The average Bonchev–Trinajstić information content (AvgIpc) is 2.71. The molecule has 0 aliphatic heterocycles. The molecule has 0 spiro atoms. The molecule has 0 amide bonds. The van der Waals surface area contributed by atoms with E-state index in [-0.39, 0.29) is 0 Å². The van der Waals surface area contributed by atoms with Crippen molar-refractivity contribution in [1.29, 1.82) is 0 Å². The maximum atomic E-state index is 10.5. The van der Waals surface area contributed by atoms with E-state index in [4.69, 9.17) is 10.8 Å². The lowest BCUT2D eigenvalue weighted by Crippen LogP contribution is -2.32. The lowest BCUT2D eigenvalue weighted by molar-refractivity contribution is -0.137. The molecule has 2 aromatic heterocycles. The predicted molar refractivity (Wildman–Crippen MR) is 67.0 cm³/mol. The SMILES string of the molecule is N[C@H](CSCc1cn2ccccc2n1)C(=O)O. The average molecular weight is 251 g/mol. The first-order valence-corrected chi connectivity index (χ1v) is 6.31. The van der Waals surface area contributed by atoms with Crippen molar-refractivity contribution in [2.24, 2.45) is 5.73 Å². The van der Waals surface area contributed by atoms with Gasteiger partial charge in [0, 0.05) is 23.9 Å². The van der Waals surface area contributed by atoms with E-state index in [1.807, 2.05) is 35.0 Å². The summed E-state index contributed by atoms with van der Waals surface area (Å²) in [7, 11) is 0. The van der Waals surface area contributed by atoms with Gasteiger partial charge in [0.2, 0.25) is 0 Å². The van der Waals surface area contributed by atoms with E-state index < -0.39 is 12.0 Å². The summed E-state index contributed by atoms with van der Waals surface area (Å²) in [5.74, 6) is 0.0961. The van der Waals surface area contributed by atoms with E-state index in [2.05, 4.69) is 4.98 Å². The predicted octanol–water partition coefficient (Wildman–Crippen LogP) is 0.979. The number of fused-ring (bicyclic) bond motifs is 1. The summed E-state index contributed by atoms with van der Waals surface area (Å²) >= 11 is 1.48. The Balaban J connectivity index is 1.93. The van der Waals surface area contributed by atoms with Gasteiger partial charge in [0.25, 0.3) is 0 Å². The van der Waals surface area contributed by atoms with Gasteiger partial charge in [-0.1, -0.05) is 6.07 Å². The first kappa shape index (κ1) is 11.9. The highest BCUT2D eigenvalue weighted by atomic mass is 32.2. The molecule has 6 heteroatoms. The number of hydrogen-bond acceptors (Lipinski definition) is 4.